The van der Waals surface area contributed by atoms with Crippen LogP contribution in [0.25, 0.3) is 0 Å². The van der Waals surface area contributed by atoms with Gasteiger partial charge in [0.25, 0.3) is 0 Å². The third-order valence-electron chi connectivity index (χ3n) is 6.10. The molecule has 0 saturated heterocycles. The van der Waals surface area contributed by atoms with E-state index < -0.39 is 0 Å². The molecular weight excluding hydrogens is 476 g/mol. The number of para-hydroxylation sites is 1. The number of rotatable bonds is 15. The summed E-state index contributed by atoms with van der Waals surface area (Å²) in [5.41, 5.74) is 3.69. The number of hydrogen-bond acceptors (Lipinski definition) is 5. The van der Waals surface area contributed by atoms with Crippen LogP contribution in [0.4, 0.5) is 0 Å². The number of hydrogen-bond donors (Lipinski definition) is 0. The molecule has 3 aromatic carbocycles. The van der Waals surface area contributed by atoms with Crippen molar-refractivity contribution in [1.82, 2.24) is 0 Å². The highest BCUT2D eigenvalue weighted by Gasteiger charge is 2.06. The maximum absolute atomic E-state index is 11.9. The topological polar surface area (TPSA) is 61.8 Å². The van der Waals surface area contributed by atoms with Crippen LogP contribution in [-0.4, -0.2) is 32.4 Å². The van der Waals surface area contributed by atoms with Gasteiger partial charge in [-0.1, -0.05) is 43.0 Å². The van der Waals surface area contributed by atoms with E-state index in [1.54, 1.807) is 14.2 Å². The summed E-state index contributed by atoms with van der Waals surface area (Å²) in [7, 11) is 3.32. The second-order valence-electron chi connectivity index (χ2n) is 8.97. The normalized spacial score (nSPS) is 10.1. The Bertz CT molecular complexity index is 1140. The van der Waals surface area contributed by atoms with E-state index in [0.29, 0.717) is 25.9 Å². The third-order valence-corrected chi connectivity index (χ3v) is 6.10. The van der Waals surface area contributed by atoms with Crippen molar-refractivity contribution in [3.05, 3.63) is 102 Å². The van der Waals surface area contributed by atoms with Crippen LogP contribution in [0.15, 0.2) is 85.5 Å². The van der Waals surface area contributed by atoms with Crippen molar-refractivity contribution >= 4 is 11.6 Å². The van der Waals surface area contributed by atoms with Gasteiger partial charge in [-0.2, -0.15) is 0 Å². The van der Waals surface area contributed by atoms with Crippen molar-refractivity contribution in [1.29, 1.82) is 0 Å². The Morgan fingerprint density at radius 3 is 2.16 bits per heavy atom. The average molecular weight is 517 g/mol. The lowest BCUT2D eigenvalue weighted by molar-refractivity contribution is -0.119. The molecule has 0 heterocycles. The Morgan fingerprint density at radius 2 is 1.45 bits per heavy atom. The number of carbonyl (C=O) groups is 2. The van der Waals surface area contributed by atoms with Gasteiger partial charge >= 0.3 is 0 Å². The first-order valence-corrected chi connectivity index (χ1v) is 13.1. The summed E-state index contributed by atoms with van der Waals surface area (Å²) >= 11 is 0. The smallest absolute Gasteiger partial charge is 0.155 e. The van der Waals surface area contributed by atoms with E-state index in [2.05, 4.69) is 25.6 Å². The monoisotopic (exact) mass is 516 g/mol. The number of carbonyl (C=O) groups excluding carboxylic acids is 2. The molecule has 0 fully saturated rings. The molecule has 0 aromatic heterocycles. The molecule has 0 bridgehead atoms. The van der Waals surface area contributed by atoms with Gasteiger partial charge < -0.3 is 14.2 Å². The summed E-state index contributed by atoms with van der Waals surface area (Å²) in [5, 5.41) is 0. The minimum absolute atomic E-state index is 0.109. The Morgan fingerprint density at radius 1 is 0.763 bits per heavy atom. The lowest BCUT2D eigenvalue weighted by atomic mass is 10.0. The summed E-state index contributed by atoms with van der Waals surface area (Å²) in [6.07, 6.45) is 6.52. The van der Waals surface area contributed by atoms with Gasteiger partial charge in [0, 0.05) is 19.3 Å². The lowest BCUT2D eigenvalue weighted by Gasteiger charge is -2.08. The molecule has 0 aliphatic heterocycles. The van der Waals surface area contributed by atoms with Crippen LogP contribution in [0.2, 0.25) is 0 Å². The number of allylic oxidation sites excluding steroid dienone is 1. The SMILES string of the molecule is C=CC(=O)CCCc1cccc(OC)c1.COc1ccc(C)c(CCCC(=O)CCOc2ccccc2)c1. The van der Waals surface area contributed by atoms with Gasteiger partial charge in [-0.05, 0) is 91.8 Å². The van der Waals surface area contributed by atoms with E-state index >= 15 is 0 Å². The van der Waals surface area contributed by atoms with Gasteiger partial charge in [0.15, 0.2) is 5.78 Å². The fourth-order valence-corrected chi connectivity index (χ4v) is 3.84. The number of ether oxygens (including phenoxy) is 3. The molecule has 0 saturated carbocycles. The van der Waals surface area contributed by atoms with Gasteiger partial charge in [-0.25, -0.2) is 0 Å². The molecule has 0 aliphatic carbocycles. The number of methoxy groups -OCH3 is 2. The van der Waals surface area contributed by atoms with Gasteiger partial charge in [0.05, 0.1) is 20.8 Å². The fraction of sp³-hybridized carbons (Fsp3) is 0.333. The van der Waals surface area contributed by atoms with Crippen LogP contribution in [-0.2, 0) is 22.4 Å². The maximum atomic E-state index is 11.9. The quantitative estimate of drug-likeness (QED) is 0.201. The minimum atomic E-state index is 0.109. The molecule has 38 heavy (non-hydrogen) atoms. The zero-order valence-corrected chi connectivity index (χ0v) is 22.9. The van der Waals surface area contributed by atoms with Crippen LogP contribution in [0.5, 0.6) is 17.2 Å². The maximum Gasteiger partial charge on any atom is 0.155 e. The van der Waals surface area contributed by atoms with Gasteiger partial charge in [0.2, 0.25) is 0 Å². The summed E-state index contributed by atoms with van der Waals surface area (Å²) in [6.45, 7) is 5.98. The van der Waals surface area contributed by atoms with Crippen LogP contribution in [0.3, 0.4) is 0 Å². The molecule has 5 heteroatoms. The van der Waals surface area contributed by atoms with Gasteiger partial charge in [-0.15, -0.1) is 0 Å². The van der Waals surface area contributed by atoms with Crippen molar-refractivity contribution in [2.24, 2.45) is 0 Å². The molecule has 0 spiro atoms. The summed E-state index contributed by atoms with van der Waals surface area (Å²) in [6, 6.07) is 23.6. The summed E-state index contributed by atoms with van der Waals surface area (Å²) in [4.78, 5) is 22.9. The molecule has 0 atom stereocenters. The molecule has 202 valence electrons. The summed E-state index contributed by atoms with van der Waals surface area (Å²) < 4.78 is 15.9. The van der Waals surface area contributed by atoms with E-state index in [-0.39, 0.29) is 11.6 Å². The zero-order valence-electron chi connectivity index (χ0n) is 22.9. The van der Waals surface area contributed by atoms with E-state index in [1.165, 1.54) is 22.8 Å². The first-order valence-electron chi connectivity index (χ1n) is 13.1. The predicted molar refractivity (Wildman–Crippen MR) is 153 cm³/mol. The van der Waals surface area contributed by atoms with E-state index in [9.17, 15) is 9.59 Å². The molecule has 3 rings (SSSR count). The minimum Gasteiger partial charge on any atom is -0.497 e. The van der Waals surface area contributed by atoms with E-state index in [1.807, 2.05) is 60.7 Å². The van der Waals surface area contributed by atoms with E-state index in [4.69, 9.17) is 14.2 Å². The molecule has 3 aromatic rings. The first-order chi connectivity index (χ1) is 18.4. The number of aryl methyl sites for hydroxylation is 3. The number of Topliss-reactive ketones (excluding diaryl/α,β-unsaturated/α-hetero) is 1. The van der Waals surface area contributed by atoms with Crippen LogP contribution < -0.4 is 14.2 Å². The number of ketones is 2. The van der Waals surface area contributed by atoms with Gasteiger partial charge in [-0.3, -0.25) is 9.59 Å². The molecular formula is C33H40O5. The van der Waals surface area contributed by atoms with E-state index in [0.717, 1.165) is 42.9 Å². The number of benzene rings is 3. The molecule has 0 amide bonds. The first kappa shape index (κ1) is 30.4. The molecule has 0 radical (unpaired) electrons. The van der Waals surface area contributed by atoms with Crippen molar-refractivity contribution in [3.8, 4) is 17.2 Å². The fourth-order valence-electron chi connectivity index (χ4n) is 3.84. The molecule has 5 nitrogen and oxygen atoms in total. The van der Waals surface area contributed by atoms with Crippen LogP contribution in [0, 0.1) is 6.92 Å². The van der Waals surface area contributed by atoms with Crippen LogP contribution in [0.1, 0.15) is 48.8 Å². The second kappa shape index (κ2) is 17.6. The standard InChI is InChI=1S/C20H24O3.C13H16O2/c1-16-11-12-20(22-2)15-17(16)7-6-8-18(21)13-14-23-19-9-4-3-5-10-19;1-3-12(14)8-4-6-11-7-5-9-13(10-11)15-2/h3-5,9-12,15H,6-8,13-14H2,1-2H3;3,5,7,9-10H,1,4,6,8H2,2H3. The second-order valence-corrected chi connectivity index (χ2v) is 8.97. The van der Waals surface area contributed by atoms with Crippen molar-refractivity contribution < 1.29 is 23.8 Å². The highest BCUT2D eigenvalue weighted by Crippen LogP contribution is 2.19. The zero-order chi connectivity index (χ0) is 27.6. The Hall–Kier alpha value is -3.86. The largest absolute Gasteiger partial charge is 0.497 e. The predicted octanol–water partition coefficient (Wildman–Crippen LogP) is 7.14. The summed E-state index contributed by atoms with van der Waals surface area (Å²) in [5.74, 6) is 2.91. The highest BCUT2D eigenvalue weighted by atomic mass is 16.5. The molecule has 0 aliphatic rings. The average Bonchev–Trinajstić information content (AvgIpc) is 2.95. The van der Waals surface area contributed by atoms with Crippen molar-refractivity contribution in [2.45, 2.75) is 51.9 Å². The Balaban J connectivity index is 0.000000293. The van der Waals surface area contributed by atoms with Crippen LogP contribution >= 0.6 is 0 Å². The Labute approximate surface area is 227 Å². The van der Waals surface area contributed by atoms with Gasteiger partial charge in [0.1, 0.15) is 23.0 Å². The van der Waals surface area contributed by atoms with Crippen molar-refractivity contribution in [3.63, 3.8) is 0 Å². The Kier molecular flexibility index (Phi) is 14.0. The van der Waals surface area contributed by atoms with Crippen molar-refractivity contribution in [2.75, 3.05) is 20.8 Å². The highest BCUT2D eigenvalue weighted by molar-refractivity contribution is 5.88. The lowest BCUT2D eigenvalue weighted by Crippen LogP contribution is -2.06. The molecule has 0 unspecified atom stereocenters. The third kappa shape index (κ3) is 11.9. The molecule has 0 N–H and O–H groups in total.